The zero-order chi connectivity index (χ0) is 14.1. The molecular weight excluding hydrogens is 395 g/mol. The van der Waals surface area contributed by atoms with Gasteiger partial charge in [-0.1, -0.05) is 41.9 Å². The fraction of sp³-hybridized carbons (Fsp3) is 0.235. The number of halogens is 2. The van der Waals surface area contributed by atoms with Gasteiger partial charge >= 0.3 is 0 Å². The van der Waals surface area contributed by atoms with Crippen LogP contribution in [-0.2, 0) is 13.1 Å². The molecule has 21 heavy (non-hydrogen) atoms. The van der Waals surface area contributed by atoms with Crippen molar-refractivity contribution in [3.05, 3.63) is 64.9 Å². The van der Waals surface area contributed by atoms with Crippen molar-refractivity contribution in [1.29, 1.82) is 0 Å². The van der Waals surface area contributed by atoms with Crippen molar-refractivity contribution < 1.29 is 28.5 Å². The summed E-state index contributed by atoms with van der Waals surface area (Å²) in [7, 11) is 0. The Bertz CT molecular complexity index is 750. The van der Waals surface area contributed by atoms with Crippen LogP contribution in [0.25, 0.3) is 11.0 Å². The van der Waals surface area contributed by atoms with Gasteiger partial charge in [-0.2, -0.15) is 0 Å². The number of rotatable bonds is 3. The zero-order valence-electron chi connectivity index (χ0n) is 12.2. The lowest BCUT2D eigenvalue weighted by Gasteiger charge is -2.01. The molecule has 0 radical (unpaired) electrons. The number of aryl methyl sites for hydroxylation is 1. The topological polar surface area (TPSA) is 8.81 Å². The summed E-state index contributed by atoms with van der Waals surface area (Å²) >= 11 is 6.15. The normalized spacial score (nSPS) is 10.6. The Morgan fingerprint density at radius 1 is 1.10 bits per heavy atom. The summed E-state index contributed by atoms with van der Waals surface area (Å²) in [5.74, 6) is 1.26. The van der Waals surface area contributed by atoms with Crippen LogP contribution in [0, 0.1) is 6.92 Å². The molecule has 2 nitrogen and oxygen atoms in total. The molecule has 0 aliphatic rings. The number of hydrogen-bond donors (Lipinski definition) is 0. The summed E-state index contributed by atoms with van der Waals surface area (Å²) < 4.78 is 4.66. The number of hydrogen-bond acceptors (Lipinski definition) is 0. The van der Waals surface area contributed by atoms with Crippen molar-refractivity contribution in [2.24, 2.45) is 0 Å². The third kappa shape index (κ3) is 3.09. The van der Waals surface area contributed by atoms with Crippen LogP contribution in [0.1, 0.15) is 18.3 Å². The molecule has 0 amide bonds. The molecule has 1 aromatic heterocycles. The highest BCUT2D eigenvalue weighted by atomic mass is 127. The van der Waals surface area contributed by atoms with E-state index in [-0.39, 0.29) is 24.0 Å². The van der Waals surface area contributed by atoms with E-state index < -0.39 is 0 Å². The molecule has 0 aliphatic carbocycles. The van der Waals surface area contributed by atoms with Gasteiger partial charge in [-0.15, -0.1) is 0 Å². The zero-order valence-corrected chi connectivity index (χ0v) is 15.1. The Labute approximate surface area is 147 Å². The Balaban J connectivity index is 0.00000161. The minimum Gasteiger partial charge on any atom is -1.00 e. The van der Waals surface area contributed by atoms with Crippen LogP contribution in [0.4, 0.5) is 0 Å². The average Bonchev–Trinajstić information content (AvgIpc) is 2.71. The predicted molar refractivity (Wildman–Crippen MR) is 83.1 cm³/mol. The second kappa shape index (κ2) is 6.79. The lowest BCUT2D eigenvalue weighted by molar-refractivity contribution is -0.669. The van der Waals surface area contributed by atoms with E-state index in [9.17, 15) is 0 Å². The molecule has 0 saturated carbocycles. The highest BCUT2D eigenvalue weighted by molar-refractivity contribution is 6.31. The highest BCUT2D eigenvalue weighted by Crippen LogP contribution is 2.20. The SMILES string of the molecule is CCn1c(C)[n+](Cc2ccccc2)c2ccc(Cl)cc21.[I-]. The lowest BCUT2D eigenvalue weighted by atomic mass is 10.2. The number of benzene rings is 2. The van der Waals surface area contributed by atoms with Crippen molar-refractivity contribution in [3.8, 4) is 0 Å². The molecule has 3 aromatic rings. The van der Waals surface area contributed by atoms with Crippen LogP contribution < -0.4 is 28.5 Å². The van der Waals surface area contributed by atoms with E-state index in [1.54, 1.807) is 0 Å². The van der Waals surface area contributed by atoms with Crippen LogP contribution in [0.3, 0.4) is 0 Å². The second-order valence-electron chi connectivity index (χ2n) is 5.00. The Hall–Kier alpha value is -1.07. The standard InChI is InChI=1S/C17H18ClN2.HI/c1-3-19-13(2)20(12-14-7-5-4-6-8-14)16-10-9-15(18)11-17(16)19;/h4-11H,3,12H2,1-2H3;1H/q+1;/p-1. The van der Waals surface area contributed by atoms with E-state index in [0.29, 0.717) is 0 Å². The Kier molecular flexibility index (Phi) is 5.27. The summed E-state index contributed by atoms with van der Waals surface area (Å²) in [4.78, 5) is 0. The maximum absolute atomic E-state index is 6.15. The maximum atomic E-state index is 6.15. The molecule has 4 heteroatoms. The summed E-state index contributed by atoms with van der Waals surface area (Å²) in [5.41, 5.74) is 3.75. The monoisotopic (exact) mass is 412 g/mol. The van der Waals surface area contributed by atoms with Gasteiger partial charge in [0.05, 0.1) is 6.54 Å². The second-order valence-corrected chi connectivity index (χ2v) is 5.43. The molecule has 0 atom stereocenters. The lowest BCUT2D eigenvalue weighted by Crippen LogP contribution is -3.00. The number of aromatic nitrogens is 2. The van der Waals surface area contributed by atoms with Gasteiger partial charge < -0.3 is 24.0 Å². The highest BCUT2D eigenvalue weighted by Gasteiger charge is 2.20. The summed E-state index contributed by atoms with van der Waals surface area (Å²) in [6.07, 6.45) is 0. The van der Waals surface area contributed by atoms with Gasteiger partial charge in [0.25, 0.3) is 5.82 Å². The first-order chi connectivity index (χ1) is 9.70. The van der Waals surface area contributed by atoms with Crippen LogP contribution >= 0.6 is 11.6 Å². The molecule has 0 saturated heterocycles. The third-order valence-corrected chi connectivity index (χ3v) is 4.04. The first-order valence-electron chi connectivity index (χ1n) is 6.93. The smallest absolute Gasteiger partial charge is 0.254 e. The van der Waals surface area contributed by atoms with Crippen LogP contribution in [0.5, 0.6) is 0 Å². The summed E-state index contributed by atoms with van der Waals surface area (Å²) in [5, 5.41) is 0.788. The number of nitrogens with zero attached hydrogens (tertiary/aromatic N) is 2. The van der Waals surface area contributed by atoms with Crippen molar-refractivity contribution in [3.63, 3.8) is 0 Å². The minimum absolute atomic E-state index is 0. The molecule has 1 heterocycles. The first-order valence-corrected chi connectivity index (χ1v) is 7.30. The predicted octanol–water partition coefficient (Wildman–Crippen LogP) is 0.963. The maximum Gasteiger partial charge on any atom is 0.254 e. The van der Waals surface area contributed by atoms with Crippen LogP contribution in [-0.4, -0.2) is 4.57 Å². The van der Waals surface area contributed by atoms with Gasteiger partial charge in [-0.05, 0) is 24.6 Å². The van der Waals surface area contributed by atoms with Crippen molar-refractivity contribution >= 4 is 22.6 Å². The molecule has 0 fully saturated rings. The van der Waals surface area contributed by atoms with E-state index >= 15 is 0 Å². The van der Waals surface area contributed by atoms with Crippen LogP contribution in [0.2, 0.25) is 5.02 Å². The third-order valence-electron chi connectivity index (χ3n) is 3.80. The van der Waals surface area contributed by atoms with E-state index in [4.69, 9.17) is 11.6 Å². The largest absolute Gasteiger partial charge is 1.00 e. The molecule has 2 aromatic carbocycles. The van der Waals surface area contributed by atoms with Gasteiger partial charge in [0, 0.05) is 18.0 Å². The molecule has 0 aliphatic heterocycles. The molecular formula is C17H18ClIN2. The fourth-order valence-corrected chi connectivity index (χ4v) is 2.97. The average molecular weight is 413 g/mol. The molecule has 110 valence electrons. The van der Waals surface area contributed by atoms with Gasteiger partial charge in [-0.3, -0.25) is 0 Å². The van der Waals surface area contributed by atoms with Gasteiger partial charge in [-0.25, -0.2) is 9.13 Å². The van der Waals surface area contributed by atoms with Crippen molar-refractivity contribution in [2.45, 2.75) is 26.9 Å². The molecule has 0 spiro atoms. The van der Waals surface area contributed by atoms with E-state index in [1.165, 1.54) is 22.4 Å². The van der Waals surface area contributed by atoms with E-state index in [1.807, 2.05) is 6.07 Å². The minimum atomic E-state index is 0. The Morgan fingerprint density at radius 3 is 2.48 bits per heavy atom. The number of imidazole rings is 1. The quantitative estimate of drug-likeness (QED) is 0.448. The van der Waals surface area contributed by atoms with Gasteiger partial charge in [0.2, 0.25) is 0 Å². The van der Waals surface area contributed by atoms with E-state index in [2.05, 4.69) is 65.4 Å². The number of fused-ring (bicyclic) bond motifs is 1. The fourth-order valence-electron chi connectivity index (χ4n) is 2.80. The van der Waals surface area contributed by atoms with Gasteiger partial charge in [0.15, 0.2) is 11.0 Å². The van der Waals surface area contributed by atoms with E-state index in [0.717, 1.165) is 18.1 Å². The molecule has 0 unspecified atom stereocenters. The van der Waals surface area contributed by atoms with Gasteiger partial charge in [0.1, 0.15) is 6.54 Å². The molecule has 3 rings (SSSR count). The summed E-state index contributed by atoms with van der Waals surface area (Å²) in [6, 6.07) is 16.7. The molecule has 0 N–H and O–H groups in total. The van der Waals surface area contributed by atoms with Crippen molar-refractivity contribution in [1.82, 2.24) is 4.57 Å². The molecule has 0 bridgehead atoms. The van der Waals surface area contributed by atoms with Crippen molar-refractivity contribution in [2.75, 3.05) is 0 Å². The first kappa shape index (κ1) is 16.3. The Morgan fingerprint density at radius 2 is 1.81 bits per heavy atom. The van der Waals surface area contributed by atoms with Crippen LogP contribution in [0.15, 0.2) is 48.5 Å². The summed E-state index contributed by atoms with van der Waals surface area (Å²) in [6.45, 7) is 6.17.